The Hall–Kier alpha value is 0.560. The van der Waals surface area contributed by atoms with Crippen LogP contribution in [0.2, 0.25) is 0 Å². The summed E-state index contributed by atoms with van der Waals surface area (Å²) < 4.78 is 32.0. The second kappa shape index (κ2) is 42.0. The topological polar surface area (TPSA) is 63.6 Å². The Labute approximate surface area is 320 Å². The Balaban J connectivity index is -0.000000212. The van der Waals surface area contributed by atoms with E-state index in [0.717, 1.165) is 16.1 Å². The maximum Gasteiger partial charge on any atom is 0.397 e. The summed E-state index contributed by atoms with van der Waals surface area (Å²) >= 11 is 0. The first kappa shape index (κ1) is 57.9. The molecule has 0 aliphatic heterocycles. The fraction of sp³-hybridized carbons (Fsp3) is 1.00. The van der Waals surface area contributed by atoms with Crippen LogP contribution in [0.25, 0.3) is 0 Å². The van der Waals surface area contributed by atoms with Crippen molar-refractivity contribution >= 4 is 10.4 Å². The SMILES string of the molecule is CCCCCCCCCCCCCCCC[N+](C)(C)C.CCCCCCCCCCCCCCCC[N+](C)(C)C.COS(=O)(=O)O.[Br-].[Cl-]. The van der Waals surface area contributed by atoms with Crippen molar-refractivity contribution in [1.82, 2.24) is 0 Å². The van der Waals surface area contributed by atoms with Crippen molar-refractivity contribution < 1.29 is 55.5 Å². The summed E-state index contributed by atoms with van der Waals surface area (Å²) in [7, 11) is 10.5. The Morgan fingerprint density at radius 1 is 0.417 bits per heavy atom. The summed E-state index contributed by atoms with van der Waals surface area (Å²) in [4.78, 5) is 0. The van der Waals surface area contributed by atoms with Crippen LogP contribution in [0.5, 0.6) is 0 Å². The quantitative estimate of drug-likeness (QED) is 0.0549. The predicted molar refractivity (Wildman–Crippen MR) is 205 cm³/mol. The van der Waals surface area contributed by atoms with Crippen LogP contribution in [0.4, 0.5) is 0 Å². The summed E-state index contributed by atoms with van der Waals surface area (Å²) in [6.07, 6.45) is 40.7. The normalized spacial score (nSPS) is 11.5. The molecule has 6 nitrogen and oxygen atoms in total. The Kier molecular flexibility index (Phi) is 50.6. The number of quaternary nitrogens is 2. The summed E-state index contributed by atoms with van der Waals surface area (Å²) in [5.74, 6) is 0. The second-order valence-corrected chi connectivity index (χ2v) is 17.0. The van der Waals surface area contributed by atoms with E-state index in [4.69, 9.17) is 4.55 Å². The molecule has 48 heavy (non-hydrogen) atoms. The molecule has 0 aromatic carbocycles. The van der Waals surface area contributed by atoms with Crippen LogP contribution in [0.3, 0.4) is 0 Å². The molecule has 0 saturated carbocycles. The van der Waals surface area contributed by atoms with Gasteiger partial charge in [-0.15, -0.1) is 0 Å². The molecule has 0 radical (unpaired) electrons. The lowest BCUT2D eigenvalue weighted by Crippen LogP contribution is -3.00. The van der Waals surface area contributed by atoms with Crippen molar-refractivity contribution in [3.63, 3.8) is 0 Å². The third-order valence-corrected chi connectivity index (χ3v) is 9.00. The van der Waals surface area contributed by atoms with Gasteiger partial charge in [0.25, 0.3) is 0 Å². The number of unbranched alkanes of at least 4 members (excludes halogenated alkanes) is 26. The van der Waals surface area contributed by atoms with E-state index in [1.807, 2.05) is 0 Å². The molecule has 0 aromatic heterocycles. The van der Waals surface area contributed by atoms with Crippen LogP contribution in [0.1, 0.15) is 194 Å². The number of rotatable bonds is 31. The van der Waals surface area contributed by atoms with Crippen LogP contribution in [-0.4, -0.2) is 84.4 Å². The summed E-state index contributed by atoms with van der Waals surface area (Å²) in [5, 5.41) is 0. The largest absolute Gasteiger partial charge is 1.00 e. The van der Waals surface area contributed by atoms with Gasteiger partial charge in [0.2, 0.25) is 0 Å². The van der Waals surface area contributed by atoms with Crippen molar-refractivity contribution in [2.24, 2.45) is 0 Å². The third-order valence-electron chi connectivity index (χ3n) is 8.58. The lowest BCUT2D eigenvalue weighted by atomic mass is 10.0. The third kappa shape index (κ3) is 68.5. The van der Waals surface area contributed by atoms with Crippen LogP contribution in [0, 0.1) is 0 Å². The van der Waals surface area contributed by atoms with Crippen molar-refractivity contribution in [2.45, 2.75) is 194 Å². The molecular formula is C39H88BrClN2O4S. The highest BCUT2D eigenvalue weighted by Gasteiger charge is 2.06. The average Bonchev–Trinajstić information content (AvgIpc) is 2.96. The first-order valence-electron chi connectivity index (χ1n) is 19.8. The summed E-state index contributed by atoms with van der Waals surface area (Å²) in [6, 6.07) is 0. The lowest BCUT2D eigenvalue weighted by molar-refractivity contribution is -0.870. The monoisotopic (exact) mass is 795 g/mol. The number of hydrogen-bond acceptors (Lipinski definition) is 3. The zero-order valence-electron chi connectivity index (χ0n) is 33.9. The van der Waals surface area contributed by atoms with E-state index in [9.17, 15) is 8.42 Å². The van der Waals surface area contributed by atoms with Gasteiger partial charge in [-0.25, -0.2) is 0 Å². The molecule has 0 fully saturated rings. The van der Waals surface area contributed by atoms with Gasteiger partial charge in [0.1, 0.15) is 0 Å². The second-order valence-electron chi connectivity index (χ2n) is 15.8. The van der Waals surface area contributed by atoms with E-state index in [1.165, 1.54) is 193 Å². The van der Waals surface area contributed by atoms with Gasteiger partial charge in [-0.2, -0.15) is 8.42 Å². The zero-order chi connectivity index (χ0) is 35.4. The number of nitrogens with zero attached hydrogens (tertiary/aromatic N) is 2. The highest BCUT2D eigenvalue weighted by atomic mass is 79.9. The van der Waals surface area contributed by atoms with Gasteiger partial charge in [0.05, 0.1) is 62.5 Å². The molecule has 0 spiro atoms. The molecule has 1 N–H and O–H groups in total. The van der Waals surface area contributed by atoms with Crippen molar-refractivity contribution in [2.75, 3.05) is 62.5 Å². The van der Waals surface area contributed by atoms with Crippen molar-refractivity contribution in [1.29, 1.82) is 0 Å². The molecule has 0 atom stereocenters. The minimum Gasteiger partial charge on any atom is -1.00 e. The standard InChI is InChI=1S/2C19H42N.CH4O4S.BrH.ClH/c2*1-5-6-7-8-9-10-11-12-13-14-15-16-17-18-19-20(2,3)4;1-5-6(2,3)4;;/h2*5-19H2,1-4H3;1H3,(H,2,3,4);2*1H/q2*+1;;;/p-2. The predicted octanol–water partition coefficient (Wildman–Crippen LogP) is 5.79. The first-order valence-corrected chi connectivity index (χ1v) is 21.2. The molecule has 0 amide bonds. The van der Waals surface area contributed by atoms with E-state index in [0.29, 0.717) is 0 Å². The van der Waals surface area contributed by atoms with E-state index in [-0.39, 0.29) is 29.4 Å². The van der Waals surface area contributed by atoms with Gasteiger partial charge in [0.15, 0.2) is 0 Å². The van der Waals surface area contributed by atoms with Gasteiger partial charge in [0, 0.05) is 0 Å². The fourth-order valence-electron chi connectivity index (χ4n) is 5.56. The summed E-state index contributed by atoms with van der Waals surface area (Å²) in [5.41, 5.74) is 0. The highest BCUT2D eigenvalue weighted by Crippen LogP contribution is 2.14. The van der Waals surface area contributed by atoms with E-state index in [1.54, 1.807) is 0 Å². The minimum atomic E-state index is -4.16. The fourth-order valence-corrected chi connectivity index (χ4v) is 5.56. The molecule has 0 aliphatic carbocycles. The average molecular weight is 797 g/mol. The molecule has 9 heteroatoms. The molecule has 0 saturated heterocycles. The number of halogens is 2. The maximum absolute atomic E-state index is 9.33. The minimum absolute atomic E-state index is 0. The molecule has 0 rings (SSSR count). The van der Waals surface area contributed by atoms with Crippen LogP contribution < -0.4 is 29.4 Å². The Morgan fingerprint density at radius 2 is 0.562 bits per heavy atom. The van der Waals surface area contributed by atoms with Crippen LogP contribution in [-0.2, 0) is 14.6 Å². The molecule has 0 aromatic rings. The smallest absolute Gasteiger partial charge is 0.397 e. The molecule has 0 aliphatic rings. The van der Waals surface area contributed by atoms with Crippen molar-refractivity contribution in [3.8, 4) is 0 Å². The first-order chi connectivity index (χ1) is 21.7. The van der Waals surface area contributed by atoms with Crippen LogP contribution >= 0.6 is 0 Å². The molecular weight excluding hydrogens is 708 g/mol. The molecule has 0 unspecified atom stereocenters. The van der Waals surface area contributed by atoms with E-state index < -0.39 is 10.4 Å². The van der Waals surface area contributed by atoms with Crippen LogP contribution in [0.15, 0.2) is 0 Å². The molecule has 0 heterocycles. The van der Waals surface area contributed by atoms with Gasteiger partial charge < -0.3 is 38.4 Å². The Morgan fingerprint density at radius 3 is 0.688 bits per heavy atom. The number of hydrogen-bond donors (Lipinski definition) is 1. The molecule has 0 bridgehead atoms. The zero-order valence-corrected chi connectivity index (χ0v) is 37.1. The van der Waals surface area contributed by atoms with Gasteiger partial charge in [-0.1, -0.05) is 168 Å². The highest BCUT2D eigenvalue weighted by molar-refractivity contribution is 7.80. The molecule has 298 valence electrons. The van der Waals surface area contributed by atoms with E-state index >= 15 is 0 Å². The van der Waals surface area contributed by atoms with Gasteiger partial charge >= 0.3 is 10.4 Å². The Bertz CT molecular complexity index is 644. The summed E-state index contributed by atoms with van der Waals surface area (Å²) in [6.45, 7) is 7.25. The van der Waals surface area contributed by atoms with Gasteiger partial charge in [-0.05, 0) is 25.7 Å². The van der Waals surface area contributed by atoms with Gasteiger partial charge in [-0.3, -0.25) is 8.74 Å². The lowest BCUT2D eigenvalue weighted by Gasteiger charge is -2.23. The van der Waals surface area contributed by atoms with E-state index in [2.05, 4.69) is 60.3 Å². The maximum atomic E-state index is 9.33. The van der Waals surface area contributed by atoms with Crippen molar-refractivity contribution in [3.05, 3.63) is 0 Å².